The van der Waals surface area contributed by atoms with Gasteiger partial charge in [0.15, 0.2) is 0 Å². The maximum absolute atomic E-state index is 8.74. The molecule has 0 heterocycles. The molecule has 1 N–H and O–H groups in total. The van der Waals surface area contributed by atoms with E-state index < -0.39 is 0 Å². The highest BCUT2D eigenvalue weighted by Crippen LogP contribution is 2.21. The van der Waals surface area contributed by atoms with Crippen molar-refractivity contribution in [2.45, 2.75) is 51.2 Å². The molecule has 2 nitrogen and oxygen atoms in total. The van der Waals surface area contributed by atoms with Gasteiger partial charge >= 0.3 is 0 Å². The van der Waals surface area contributed by atoms with E-state index in [0.29, 0.717) is 6.10 Å². The molecule has 0 radical (unpaired) electrons. The number of ether oxygens (including phenoxy) is 1. The van der Waals surface area contributed by atoms with Gasteiger partial charge in [0.05, 0.1) is 18.8 Å². The second kappa shape index (κ2) is 4.73. The van der Waals surface area contributed by atoms with Crippen LogP contribution >= 0.6 is 0 Å². The fourth-order valence-corrected chi connectivity index (χ4v) is 1.57. The van der Waals surface area contributed by atoms with E-state index in [1.165, 1.54) is 32.1 Å². The zero-order valence-electron chi connectivity index (χ0n) is 7.25. The summed E-state index contributed by atoms with van der Waals surface area (Å²) in [7, 11) is 0. The summed E-state index contributed by atoms with van der Waals surface area (Å²) in [5.74, 6) is 0. The fraction of sp³-hybridized carbons (Fsp3) is 1.00. The van der Waals surface area contributed by atoms with E-state index >= 15 is 0 Å². The number of hydrogen-bond acceptors (Lipinski definition) is 2. The molecule has 0 amide bonds. The monoisotopic (exact) mass is 158 g/mol. The Labute approximate surface area is 68.6 Å². The Morgan fingerprint density at radius 2 is 2.00 bits per heavy atom. The standard InChI is InChI=1S/C9H18O2/c1-8(7-10)11-9-5-3-2-4-6-9/h8-10H,2-7H2,1H3. The summed E-state index contributed by atoms with van der Waals surface area (Å²) < 4.78 is 5.59. The van der Waals surface area contributed by atoms with E-state index in [4.69, 9.17) is 9.84 Å². The molecule has 0 spiro atoms. The highest BCUT2D eigenvalue weighted by atomic mass is 16.5. The van der Waals surface area contributed by atoms with Crippen molar-refractivity contribution in [3.05, 3.63) is 0 Å². The first-order valence-electron chi connectivity index (χ1n) is 4.59. The van der Waals surface area contributed by atoms with Crippen molar-refractivity contribution in [2.24, 2.45) is 0 Å². The van der Waals surface area contributed by atoms with Crippen molar-refractivity contribution < 1.29 is 9.84 Å². The maximum Gasteiger partial charge on any atom is 0.0781 e. The molecule has 11 heavy (non-hydrogen) atoms. The normalized spacial score (nSPS) is 23.5. The van der Waals surface area contributed by atoms with Crippen LogP contribution in [0.5, 0.6) is 0 Å². The molecule has 0 aromatic heterocycles. The van der Waals surface area contributed by atoms with Crippen LogP contribution in [0.1, 0.15) is 39.0 Å². The summed E-state index contributed by atoms with van der Waals surface area (Å²) in [6, 6.07) is 0. The molecular weight excluding hydrogens is 140 g/mol. The van der Waals surface area contributed by atoms with Gasteiger partial charge in [-0.2, -0.15) is 0 Å². The molecule has 0 saturated heterocycles. The largest absolute Gasteiger partial charge is 0.394 e. The summed E-state index contributed by atoms with van der Waals surface area (Å²) in [4.78, 5) is 0. The lowest BCUT2D eigenvalue weighted by Gasteiger charge is -2.24. The number of aliphatic hydroxyl groups excluding tert-OH is 1. The van der Waals surface area contributed by atoms with Crippen LogP contribution in [0.4, 0.5) is 0 Å². The van der Waals surface area contributed by atoms with Crippen molar-refractivity contribution >= 4 is 0 Å². The van der Waals surface area contributed by atoms with Crippen LogP contribution in [0.25, 0.3) is 0 Å². The van der Waals surface area contributed by atoms with Crippen molar-refractivity contribution in [1.29, 1.82) is 0 Å². The molecule has 0 aromatic rings. The molecule has 1 aliphatic carbocycles. The third kappa shape index (κ3) is 3.21. The van der Waals surface area contributed by atoms with Crippen LogP contribution in [-0.2, 0) is 4.74 Å². The molecule has 1 rings (SSSR count). The van der Waals surface area contributed by atoms with Crippen LogP contribution < -0.4 is 0 Å². The molecular formula is C9H18O2. The van der Waals surface area contributed by atoms with Crippen molar-refractivity contribution in [1.82, 2.24) is 0 Å². The lowest BCUT2D eigenvalue weighted by atomic mass is 9.98. The summed E-state index contributed by atoms with van der Waals surface area (Å²) in [6.07, 6.45) is 6.76. The Morgan fingerprint density at radius 3 is 2.55 bits per heavy atom. The SMILES string of the molecule is CC(CO)OC1CCCCC1. The molecule has 0 aliphatic heterocycles. The highest BCUT2D eigenvalue weighted by molar-refractivity contribution is 4.66. The number of hydrogen-bond donors (Lipinski definition) is 1. The van der Waals surface area contributed by atoms with E-state index in [1.54, 1.807) is 0 Å². The van der Waals surface area contributed by atoms with E-state index in [9.17, 15) is 0 Å². The minimum atomic E-state index is 0.0260. The van der Waals surface area contributed by atoms with Crippen molar-refractivity contribution in [3.8, 4) is 0 Å². The van der Waals surface area contributed by atoms with E-state index in [0.717, 1.165) is 0 Å². The predicted octanol–water partition coefficient (Wildman–Crippen LogP) is 1.72. The maximum atomic E-state index is 8.74. The van der Waals surface area contributed by atoms with Crippen molar-refractivity contribution in [3.63, 3.8) is 0 Å². The fourth-order valence-electron chi connectivity index (χ4n) is 1.57. The van der Waals surface area contributed by atoms with Crippen LogP contribution in [0, 0.1) is 0 Å². The first-order valence-corrected chi connectivity index (χ1v) is 4.59. The Bertz CT molecular complexity index is 97.7. The molecule has 1 atom stereocenters. The van der Waals surface area contributed by atoms with E-state index in [2.05, 4.69) is 0 Å². The summed E-state index contributed by atoms with van der Waals surface area (Å²) in [6.45, 7) is 2.07. The van der Waals surface area contributed by atoms with Gasteiger partial charge in [0.25, 0.3) is 0 Å². The quantitative estimate of drug-likeness (QED) is 0.677. The second-order valence-electron chi connectivity index (χ2n) is 3.39. The summed E-state index contributed by atoms with van der Waals surface area (Å²) >= 11 is 0. The smallest absolute Gasteiger partial charge is 0.0781 e. The lowest BCUT2D eigenvalue weighted by molar-refractivity contribution is -0.0436. The highest BCUT2D eigenvalue weighted by Gasteiger charge is 2.15. The van der Waals surface area contributed by atoms with Gasteiger partial charge in [0.2, 0.25) is 0 Å². The van der Waals surface area contributed by atoms with Gasteiger partial charge in [-0.15, -0.1) is 0 Å². The van der Waals surface area contributed by atoms with Crippen LogP contribution in [0.3, 0.4) is 0 Å². The van der Waals surface area contributed by atoms with Gasteiger partial charge in [-0.1, -0.05) is 19.3 Å². The lowest BCUT2D eigenvalue weighted by Crippen LogP contribution is -2.24. The van der Waals surface area contributed by atoms with E-state index in [-0.39, 0.29) is 12.7 Å². The molecule has 1 saturated carbocycles. The third-order valence-corrected chi connectivity index (χ3v) is 2.23. The Balaban J connectivity index is 2.13. The zero-order chi connectivity index (χ0) is 8.10. The molecule has 0 bridgehead atoms. The molecule has 1 unspecified atom stereocenters. The molecule has 0 aromatic carbocycles. The Morgan fingerprint density at radius 1 is 1.36 bits per heavy atom. The van der Waals surface area contributed by atoms with Gasteiger partial charge < -0.3 is 9.84 Å². The Hall–Kier alpha value is -0.0800. The molecule has 2 heteroatoms. The average Bonchev–Trinajstić information content (AvgIpc) is 2.06. The molecule has 1 fully saturated rings. The van der Waals surface area contributed by atoms with Crippen LogP contribution in [0.2, 0.25) is 0 Å². The number of aliphatic hydroxyl groups is 1. The topological polar surface area (TPSA) is 29.5 Å². The molecule has 66 valence electrons. The van der Waals surface area contributed by atoms with Gasteiger partial charge in [0.1, 0.15) is 0 Å². The third-order valence-electron chi connectivity index (χ3n) is 2.23. The summed E-state index contributed by atoms with van der Waals surface area (Å²) in [5, 5.41) is 8.74. The minimum absolute atomic E-state index is 0.0260. The zero-order valence-corrected chi connectivity index (χ0v) is 7.25. The van der Waals surface area contributed by atoms with Gasteiger partial charge in [-0.25, -0.2) is 0 Å². The summed E-state index contributed by atoms with van der Waals surface area (Å²) in [5.41, 5.74) is 0. The van der Waals surface area contributed by atoms with Crippen LogP contribution in [-0.4, -0.2) is 23.9 Å². The van der Waals surface area contributed by atoms with Crippen LogP contribution in [0.15, 0.2) is 0 Å². The van der Waals surface area contributed by atoms with Crippen molar-refractivity contribution in [2.75, 3.05) is 6.61 Å². The second-order valence-corrected chi connectivity index (χ2v) is 3.39. The Kier molecular flexibility index (Phi) is 3.87. The van der Waals surface area contributed by atoms with Gasteiger partial charge in [-0.3, -0.25) is 0 Å². The average molecular weight is 158 g/mol. The predicted molar refractivity (Wildman–Crippen MR) is 44.5 cm³/mol. The first kappa shape index (κ1) is 9.01. The van der Waals surface area contributed by atoms with E-state index in [1.807, 2.05) is 6.92 Å². The van der Waals surface area contributed by atoms with Gasteiger partial charge in [0, 0.05) is 0 Å². The first-order chi connectivity index (χ1) is 5.33. The minimum Gasteiger partial charge on any atom is -0.394 e. The number of rotatable bonds is 3. The molecule has 1 aliphatic rings. The van der Waals surface area contributed by atoms with Gasteiger partial charge in [-0.05, 0) is 19.8 Å².